The summed E-state index contributed by atoms with van der Waals surface area (Å²) in [6.07, 6.45) is 5.01. The maximum absolute atomic E-state index is 9.47. The summed E-state index contributed by atoms with van der Waals surface area (Å²) in [5.41, 5.74) is 0.0984. The van der Waals surface area contributed by atoms with Crippen LogP contribution in [0.2, 0.25) is 0 Å². The van der Waals surface area contributed by atoms with Gasteiger partial charge in [-0.3, -0.25) is 0 Å². The zero-order valence-corrected chi connectivity index (χ0v) is 13.6. The number of aromatic nitrogens is 2. The number of hydrogen-bond donors (Lipinski definition) is 2. The van der Waals surface area contributed by atoms with E-state index in [-0.39, 0.29) is 18.1 Å². The Morgan fingerprint density at radius 2 is 2.27 bits per heavy atom. The van der Waals surface area contributed by atoms with Crippen molar-refractivity contribution in [2.75, 3.05) is 30.5 Å². The molecular weight excluding hydrogens is 280 g/mol. The van der Waals surface area contributed by atoms with Gasteiger partial charge in [-0.25, -0.2) is 9.97 Å². The number of hydrogen-bond acceptors (Lipinski definition) is 6. The van der Waals surface area contributed by atoms with E-state index in [0.29, 0.717) is 12.1 Å². The van der Waals surface area contributed by atoms with Crippen LogP contribution in [0, 0.1) is 5.41 Å². The molecule has 0 aromatic carbocycles. The van der Waals surface area contributed by atoms with E-state index in [9.17, 15) is 5.11 Å². The summed E-state index contributed by atoms with van der Waals surface area (Å²) >= 11 is 0. The molecule has 0 spiro atoms. The van der Waals surface area contributed by atoms with Gasteiger partial charge in [-0.1, -0.05) is 13.8 Å². The number of aliphatic hydroxyl groups is 1. The normalized spacial score (nSPS) is 30.2. The lowest BCUT2D eigenvalue weighted by Crippen LogP contribution is -2.57. The van der Waals surface area contributed by atoms with E-state index in [0.717, 1.165) is 37.4 Å². The van der Waals surface area contributed by atoms with Crippen molar-refractivity contribution in [3.8, 4) is 0 Å². The molecule has 1 aliphatic carbocycles. The van der Waals surface area contributed by atoms with Crippen LogP contribution in [0.1, 0.15) is 33.1 Å². The molecular formula is C16H26N4O2. The van der Waals surface area contributed by atoms with Crippen molar-refractivity contribution in [2.24, 2.45) is 5.41 Å². The van der Waals surface area contributed by atoms with Gasteiger partial charge in [0.1, 0.15) is 18.0 Å². The Balaban J connectivity index is 1.70. The molecule has 122 valence electrons. The van der Waals surface area contributed by atoms with Gasteiger partial charge in [0.15, 0.2) is 0 Å². The van der Waals surface area contributed by atoms with Gasteiger partial charge in [0, 0.05) is 31.2 Å². The van der Waals surface area contributed by atoms with Crippen LogP contribution in [0.25, 0.3) is 0 Å². The molecule has 0 radical (unpaired) electrons. The molecule has 3 rings (SSSR count). The molecule has 22 heavy (non-hydrogen) atoms. The van der Waals surface area contributed by atoms with Gasteiger partial charge < -0.3 is 20.1 Å². The Labute approximate surface area is 131 Å². The van der Waals surface area contributed by atoms with Crippen LogP contribution in [0.4, 0.5) is 11.6 Å². The predicted octanol–water partition coefficient (Wildman–Crippen LogP) is 1.66. The highest BCUT2D eigenvalue weighted by atomic mass is 16.5. The van der Waals surface area contributed by atoms with Crippen molar-refractivity contribution in [3.63, 3.8) is 0 Å². The number of anilines is 2. The van der Waals surface area contributed by atoms with Gasteiger partial charge in [0.25, 0.3) is 0 Å². The first kappa shape index (κ1) is 15.5. The SMILES string of the molecule is COC1CC(Nc2cc(N3CCCC3CO)ncn2)C1(C)C. The quantitative estimate of drug-likeness (QED) is 0.862. The summed E-state index contributed by atoms with van der Waals surface area (Å²) in [6, 6.07) is 2.53. The monoisotopic (exact) mass is 306 g/mol. The first-order chi connectivity index (χ1) is 10.6. The molecule has 1 aromatic rings. The first-order valence-corrected chi connectivity index (χ1v) is 8.05. The molecule has 3 atom stereocenters. The summed E-state index contributed by atoms with van der Waals surface area (Å²) in [5, 5.41) is 13.0. The molecule has 0 bridgehead atoms. The minimum Gasteiger partial charge on any atom is -0.394 e. The second-order valence-corrected chi connectivity index (χ2v) is 6.91. The smallest absolute Gasteiger partial charge is 0.134 e. The molecule has 6 nitrogen and oxygen atoms in total. The number of nitrogens with zero attached hydrogens (tertiary/aromatic N) is 3. The van der Waals surface area contributed by atoms with E-state index in [1.54, 1.807) is 13.4 Å². The third kappa shape index (κ3) is 2.65. The number of ether oxygens (including phenoxy) is 1. The van der Waals surface area contributed by atoms with E-state index < -0.39 is 0 Å². The van der Waals surface area contributed by atoms with Gasteiger partial charge in [0.2, 0.25) is 0 Å². The molecule has 0 amide bonds. The van der Waals surface area contributed by atoms with E-state index in [4.69, 9.17) is 4.74 Å². The maximum atomic E-state index is 9.47. The Hall–Kier alpha value is -1.40. The molecule has 1 saturated heterocycles. The fourth-order valence-electron chi connectivity index (χ4n) is 3.62. The molecule has 6 heteroatoms. The van der Waals surface area contributed by atoms with Gasteiger partial charge >= 0.3 is 0 Å². The van der Waals surface area contributed by atoms with Crippen LogP contribution < -0.4 is 10.2 Å². The Morgan fingerprint density at radius 1 is 1.45 bits per heavy atom. The summed E-state index contributed by atoms with van der Waals surface area (Å²) in [7, 11) is 1.77. The zero-order valence-electron chi connectivity index (χ0n) is 13.6. The Bertz CT molecular complexity index is 523. The highest BCUT2D eigenvalue weighted by molar-refractivity contribution is 5.50. The van der Waals surface area contributed by atoms with Crippen LogP contribution in [0.15, 0.2) is 12.4 Å². The summed E-state index contributed by atoms with van der Waals surface area (Å²) in [4.78, 5) is 10.9. The number of nitrogens with one attached hydrogen (secondary N) is 1. The lowest BCUT2D eigenvalue weighted by molar-refractivity contribution is -0.0795. The van der Waals surface area contributed by atoms with Gasteiger partial charge in [-0.05, 0) is 19.3 Å². The summed E-state index contributed by atoms with van der Waals surface area (Å²) in [6.45, 7) is 5.56. The van der Waals surface area contributed by atoms with Crippen LogP contribution >= 0.6 is 0 Å². The first-order valence-electron chi connectivity index (χ1n) is 8.05. The molecule has 1 aromatic heterocycles. The molecule has 1 aliphatic heterocycles. The lowest BCUT2D eigenvalue weighted by atomic mass is 9.64. The standard InChI is InChI=1S/C16H26N4O2/c1-16(2)12(7-13(16)22-3)19-14-8-15(18-10-17-14)20-6-4-5-11(20)9-21/h8,10-13,21H,4-7,9H2,1-3H3,(H,17,18,19). The average Bonchev–Trinajstić information content (AvgIpc) is 3.00. The van der Waals surface area contributed by atoms with Gasteiger partial charge in [-0.15, -0.1) is 0 Å². The van der Waals surface area contributed by atoms with Gasteiger partial charge in [0.05, 0.1) is 18.8 Å². The van der Waals surface area contributed by atoms with Crippen LogP contribution in [0.5, 0.6) is 0 Å². The Kier molecular flexibility index (Phi) is 4.23. The number of aliphatic hydroxyl groups excluding tert-OH is 1. The Morgan fingerprint density at radius 3 is 2.95 bits per heavy atom. The van der Waals surface area contributed by atoms with Crippen molar-refractivity contribution in [1.82, 2.24) is 9.97 Å². The van der Waals surface area contributed by atoms with Crippen LogP contribution in [-0.2, 0) is 4.74 Å². The second-order valence-electron chi connectivity index (χ2n) is 6.91. The van der Waals surface area contributed by atoms with Crippen molar-refractivity contribution < 1.29 is 9.84 Å². The van der Waals surface area contributed by atoms with E-state index in [1.807, 2.05) is 6.07 Å². The third-order valence-corrected chi connectivity index (χ3v) is 5.32. The summed E-state index contributed by atoms with van der Waals surface area (Å²) in [5.74, 6) is 1.75. The van der Waals surface area contributed by atoms with Crippen LogP contribution in [0.3, 0.4) is 0 Å². The molecule has 2 fully saturated rings. The van der Waals surface area contributed by atoms with Crippen molar-refractivity contribution >= 4 is 11.6 Å². The second kappa shape index (κ2) is 6.01. The molecule has 2 aliphatic rings. The largest absolute Gasteiger partial charge is 0.394 e. The average molecular weight is 306 g/mol. The highest BCUT2D eigenvalue weighted by Crippen LogP contribution is 2.44. The molecule has 3 unspecified atom stereocenters. The summed E-state index contributed by atoms with van der Waals surface area (Å²) < 4.78 is 5.49. The highest BCUT2D eigenvalue weighted by Gasteiger charge is 2.48. The molecule has 1 saturated carbocycles. The zero-order chi connectivity index (χ0) is 15.7. The van der Waals surface area contributed by atoms with Crippen LogP contribution in [-0.4, -0.2) is 53.5 Å². The fourth-order valence-corrected chi connectivity index (χ4v) is 3.62. The maximum Gasteiger partial charge on any atom is 0.134 e. The number of rotatable bonds is 5. The van der Waals surface area contributed by atoms with E-state index >= 15 is 0 Å². The van der Waals surface area contributed by atoms with Crippen molar-refractivity contribution in [3.05, 3.63) is 12.4 Å². The minimum atomic E-state index is 0.0984. The fraction of sp³-hybridized carbons (Fsp3) is 0.750. The van der Waals surface area contributed by atoms with Crippen molar-refractivity contribution in [2.45, 2.75) is 51.3 Å². The van der Waals surface area contributed by atoms with Crippen molar-refractivity contribution in [1.29, 1.82) is 0 Å². The minimum absolute atomic E-state index is 0.0984. The number of methoxy groups -OCH3 is 1. The van der Waals surface area contributed by atoms with E-state index in [1.165, 1.54) is 0 Å². The van der Waals surface area contributed by atoms with E-state index in [2.05, 4.69) is 34.0 Å². The topological polar surface area (TPSA) is 70.5 Å². The molecule has 2 N–H and O–H groups in total. The predicted molar refractivity (Wildman–Crippen MR) is 86.1 cm³/mol. The third-order valence-electron chi connectivity index (χ3n) is 5.32. The molecule has 2 heterocycles. The lowest BCUT2D eigenvalue weighted by Gasteiger charge is -2.51. The van der Waals surface area contributed by atoms with Gasteiger partial charge in [-0.2, -0.15) is 0 Å².